The van der Waals surface area contributed by atoms with E-state index in [9.17, 15) is 0 Å². The normalized spacial score (nSPS) is 19.8. The van der Waals surface area contributed by atoms with Gasteiger partial charge in [-0.1, -0.05) is 0 Å². The average Bonchev–Trinajstić information content (AvgIpc) is 2.93. The first-order valence-electron chi connectivity index (χ1n) is 8.77. The van der Waals surface area contributed by atoms with Crippen LogP contribution in [0.25, 0.3) is 0 Å². The predicted molar refractivity (Wildman–Crippen MR) is 92.4 cm³/mol. The standard InChI is InChI=1S/C18H30N3O/c1-21(12-5-6-13-21)11-4-2-3-9-20-10-14-22-18-15-16(19)7-8-17(18)20/h7-8,15H,2-6,9-14,19H2,1H3/q+1. The first-order valence-corrected chi connectivity index (χ1v) is 8.77. The van der Waals surface area contributed by atoms with Gasteiger partial charge in [-0.15, -0.1) is 0 Å². The van der Waals surface area contributed by atoms with Crippen molar-refractivity contribution in [2.45, 2.75) is 32.1 Å². The van der Waals surface area contributed by atoms with Crippen LogP contribution < -0.4 is 15.4 Å². The van der Waals surface area contributed by atoms with Crippen molar-refractivity contribution in [2.24, 2.45) is 0 Å². The van der Waals surface area contributed by atoms with Gasteiger partial charge < -0.3 is 19.9 Å². The molecule has 22 heavy (non-hydrogen) atoms. The first kappa shape index (κ1) is 15.5. The van der Waals surface area contributed by atoms with Gasteiger partial charge in [0, 0.05) is 31.1 Å². The highest BCUT2D eigenvalue weighted by atomic mass is 16.5. The van der Waals surface area contributed by atoms with Crippen LogP contribution >= 0.6 is 0 Å². The van der Waals surface area contributed by atoms with Crippen molar-refractivity contribution in [3.8, 4) is 5.75 Å². The quantitative estimate of drug-likeness (QED) is 0.499. The number of quaternary nitrogens is 1. The van der Waals surface area contributed by atoms with Crippen LogP contribution in [-0.4, -0.2) is 50.9 Å². The number of rotatable bonds is 6. The lowest BCUT2D eigenvalue weighted by Gasteiger charge is -2.32. The third-order valence-corrected chi connectivity index (χ3v) is 5.22. The number of benzene rings is 1. The number of nitrogens with two attached hydrogens (primary N) is 1. The molecule has 0 aromatic heterocycles. The van der Waals surface area contributed by atoms with Crippen molar-refractivity contribution < 1.29 is 9.22 Å². The number of nitrogens with zero attached hydrogens (tertiary/aromatic N) is 2. The zero-order chi connectivity index (χ0) is 15.4. The third kappa shape index (κ3) is 3.67. The number of fused-ring (bicyclic) bond motifs is 1. The van der Waals surface area contributed by atoms with Gasteiger partial charge in [-0.25, -0.2) is 0 Å². The number of ether oxygens (including phenoxy) is 1. The van der Waals surface area contributed by atoms with Crippen molar-refractivity contribution in [1.29, 1.82) is 0 Å². The summed E-state index contributed by atoms with van der Waals surface area (Å²) in [5.74, 6) is 0.946. The van der Waals surface area contributed by atoms with E-state index in [1.54, 1.807) is 0 Å². The molecule has 1 saturated heterocycles. The molecule has 1 aromatic carbocycles. The molecule has 2 aliphatic rings. The van der Waals surface area contributed by atoms with E-state index in [0.29, 0.717) is 0 Å². The molecular weight excluding hydrogens is 274 g/mol. The highest BCUT2D eigenvalue weighted by molar-refractivity contribution is 5.64. The molecule has 0 amide bonds. The van der Waals surface area contributed by atoms with Gasteiger partial charge in [-0.2, -0.15) is 0 Å². The molecule has 2 aliphatic heterocycles. The summed E-state index contributed by atoms with van der Waals surface area (Å²) in [5, 5.41) is 0. The minimum atomic E-state index is 0.769. The van der Waals surface area contributed by atoms with E-state index < -0.39 is 0 Å². The first-order chi connectivity index (χ1) is 10.7. The van der Waals surface area contributed by atoms with Gasteiger partial charge in [0.2, 0.25) is 0 Å². The number of nitrogen functional groups attached to an aromatic ring is 1. The zero-order valence-electron chi connectivity index (χ0n) is 13.9. The minimum Gasteiger partial charge on any atom is -0.489 e. The maximum Gasteiger partial charge on any atom is 0.144 e. The van der Waals surface area contributed by atoms with Crippen molar-refractivity contribution in [3.05, 3.63) is 18.2 Å². The summed E-state index contributed by atoms with van der Waals surface area (Å²) in [4.78, 5) is 2.45. The molecule has 2 heterocycles. The Labute approximate surface area is 134 Å². The molecule has 1 aromatic rings. The summed E-state index contributed by atoms with van der Waals surface area (Å²) in [6, 6.07) is 6.01. The van der Waals surface area contributed by atoms with E-state index in [2.05, 4.69) is 18.0 Å². The molecule has 3 rings (SSSR count). The van der Waals surface area contributed by atoms with E-state index in [1.807, 2.05) is 12.1 Å². The summed E-state index contributed by atoms with van der Waals surface area (Å²) < 4.78 is 7.02. The Morgan fingerprint density at radius 3 is 2.82 bits per heavy atom. The maximum atomic E-state index is 5.84. The molecule has 122 valence electrons. The number of anilines is 2. The monoisotopic (exact) mass is 304 g/mol. The van der Waals surface area contributed by atoms with Crippen LogP contribution in [-0.2, 0) is 0 Å². The van der Waals surface area contributed by atoms with Gasteiger partial charge in [0.1, 0.15) is 12.4 Å². The Morgan fingerprint density at radius 2 is 2.00 bits per heavy atom. The number of hydrogen-bond acceptors (Lipinski definition) is 3. The highest BCUT2D eigenvalue weighted by Gasteiger charge is 2.25. The van der Waals surface area contributed by atoms with E-state index >= 15 is 0 Å². The average molecular weight is 304 g/mol. The maximum absolute atomic E-state index is 5.84. The largest absolute Gasteiger partial charge is 0.489 e. The molecule has 4 nitrogen and oxygen atoms in total. The van der Waals surface area contributed by atoms with E-state index in [1.165, 1.54) is 61.9 Å². The van der Waals surface area contributed by atoms with Crippen molar-refractivity contribution in [2.75, 3.05) is 57.0 Å². The Kier molecular flexibility index (Phi) is 4.77. The van der Waals surface area contributed by atoms with Crippen LogP contribution in [0.5, 0.6) is 5.75 Å². The van der Waals surface area contributed by atoms with E-state index in [0.717, 1.165) is 31.1 Å². The summed E-state index contributed by atoms with van der Waals surface area (Å²) >= 11 is 0. The molecule has 0 radical (unpaired) electrons. The van der Waals surface area contributed by atoms with Crippen LogP contribution in [0.15, 0.2) is 18.2 Å². The lowest BCUT2D eigenvalue weighted by atomic mass is 10.1. The Morgan fingerprint density at radius 1 is 1.18 bits per heavy atom. The van der Waals surface area contributed by atoms with Crippen molar-refractivity contribution in [3.63, 3.8) is 0 Å². The van der Waals surface area contributed by atoms with Gasteiger partial charge in [-0.3, -0.25) is 0 Å². The molecule has 2 N–H and O–H groups in total. The fraction of sp³-hybridized carbons (Fsp3) is 0.667. The highest BCUT2D eigenvalue weighted by Crippen LogP contribution is 2.33. The third-order valence-electron chi connectivity index (χ3n) is 5.22. The second-order valence-electron chi connectivity index (χ2n) is 7.12. The fourth-order valence-electron chi connectivity index (χ4n) is 3.82. The summed E-state index contributed by atoms with van der Waals surface area (Å²) in [6.07, 6.45) is 6.79. The van der Waals surface area contributed by atoms with Gasteiger partial charge in [0.05, 0.1) is 38.9 Å². The minimum absolute atomic E-state index is 0.769. The summed E-state index contributed by atoms with van der Waals surface area (Å²) in [7, 11) is 2.43. The smallest absolute Gasteiger partial charge is 0.144 e. The van der Waals surface area contributed by atoms with Crippen molar-refractivity contribution >= 4 is 11.4 Å². The number of hydrogen-bond donors (Lipinski definition) is 1. The SMILES string of the molecule is C[N+]1(CCCCCN2CCOc3cc(N)ccc32)CCCC1. The van der Waals surface area contributed by atoms with Crippen LogP contribution in [0.3, 0.4) is 0 Å². The van der Waals surface area contributed by atoms with E-state index in [-0.39, 0.29) is 0 Å². The molecule has 0 atom stereocenters. The molecule has 4 heteroatoms. The van der Waals surface area contributed by atoms with E-state index in [4.69, 9.17) is 10.5 Å². The summed E-state index contributed by atoms with van der Waals surface area (Å²) in [5.41, 5.74) is 7.83. The molecular formula is C18H30N3O+. The molecule has 0 unspecified atom stereocenters. The van der Waals surface area contributed by atoms with Gasteiger partial charge in [-0.05, 0) is 31.4 Å². The predicted octanol–water partition coefficient (Wildman–Crippen LogP) is 2.88. The van der Waals surface area contributed by atoms with Gasteiger partial charge in [0.25, 0.3) is 0 Å². The van der Waals surface area contributed by atoms with Gasteiger partial charge in [0.15, 0.2) is 0 Å². The van der Waals surface area contributed by atoms with Crippen LogP contribution in [0, 0.1) is 0 Å². The molecule has 0 bridgehead atoms. The zero-order valence-corrected chi connectivity index (χ0v) is 13.9. The molecule has 1 fully saturated rings. The second kappa shape index (κ2) is 6.78. The second-order valence-corrected chi connectivity index (χ2v) is 7.12. The lowest BCUT2D eigenvalue weighted by molar-refractivity contribution is -0.897. The molecule has 0 saturated carbocycles. The molecule has 0 spiro atoms. The van der Waals surface area contributed by atoms with Crippen LogP contribution in [0.4, 0.5) is 11.4 Å². The van der Waals surface area contributed by atoms with Crippen LogP contribution in [0.2, 0.25) is 0 Å². The number of unbranched alkanes of at least 4 members (excludes halogenated alkanes) is 2. The van der Waals surface area contributed by atoms with Crippen LogP contribution in [0.1, 0.15) is 32.1 Å². The Bertz CT molecular complexity index is 497. The summed E-state index contributed by atoms with van der Waals surface area (Å²) in [6.45, 7) is 7.02. The lowest BCUT2D eigenvalue weighted by Crippen LogP contribution is -2.41. The molecule has 0 aliphatic carbocycles. The Hall–Kier alpha value is -1.42. The van der Waals surface area contributed by atoms with Gasteiger partial charge >= 0.3 is 0 Å². The van der Waals surface area contributed by atoms with Crippen molar-refractivity contribution in [1.82, 2.24) is 0 Å². The Balaban J connectivity index is 1.43. The fourth-order valence-corrected chi connectivity index (χ4v) is 3.82. The topological polar surface area (TPSA) is 38.5 Å². The number of likely N-dealkylation sites (tertiary alicyclic amines) is 1.